The summed E-state index contributed by atoms with van der Waals surface area (Å²) in [5, 5.41) is 7.24. The van der Waals surface area contributed by atoms with Gasteiger partial charge >= 0.3 is 0 Å². The molecule has 1 aliphatic rings. The van der Waals surface area contributed by atoms with Gasteiger partial charge < -0.3 is 19.9 Å². The van der Waals surface area contributed by atoms with Gasteiger partial charge in [0.05, 0.1) is 25.2 Å². The summed E-state index contributed by atoms with van der Waals surface area (Å²) in [6, 6.07) is 6.66. The lowest BCUT2D eigenvalue weighted by Crippen LogP contribution is -2.41. The predicted molar refractivity (Wildman–Crippen MR) is 119 cm³/mol. The van der Waals surface area contributed by atoms with E-state index in [0.29, 0.717) is 17.4 Å². The Kier molecular flexibility index (Phi) is 6.03. The van der Waals surface area contributed by atoms with E-state index >= 15 is 0 Å². The van der Waals surface area contributed by atoms with Crippen LogP contribution in [0.15, 0.2) is 36.8 Å². The summed E-state index contributed by atoms with van der Waals surface area (Å²) in [6.07, 6.45) is 6.72. The highest BCUT2D eigenvalue weighted by Gasteiger charge is 2.21. The summed E-state index contributed by atoms with van der Waals surface area (Å²) in [5.74, 6) is 0.475. The van der Waals surface area contributed by atoms with Crippen LogP contribution in [0.2, 0.25) is 0 Å². The molecule has 0 bridgehead atoms. The molecule has 1 N–H and O–H groups in total. The second-order valence-electron chi connectivity index (χ2n) is 7.98. The van der Waals surface area contributed by atoms with Crippen molar-refractivity contribution in [1.82, 2.24) is 24.6 Å². The van der Waals surface area contributed by atoms with Crippen molar-refractivity contribution in [2.45, 2.75) is 18.9 Å². The van der Waals surface area contributed by atoms with Crippen LogP contribution in [-0.4, -0.2) is 65.0 Å². The molecule has 1 saturated heterocycles. The summed E-state index contributed by atoms with van der Waals surface area (Å²) in [5.41, 5.74) is 2.63. The highest BCUT2D eigenvalue weighted by atomic mass is 19.1. The molecule has 1 aliphatic heterocycles. The van der Waals surface area contributed by atoms with Crippen molar-refractivity contribution < 1.29 is 9.13 Å². The van der Waals surface area contributed by atoms with E-state index in [4.69, 9.17) is 4.74 Å². The fourth-order valence-corrected chi connectivity index (χ4v) is 3.91. The molecule has 0 aliphatic carbocycles. The standard InChI is InChI=1S/C22H28FN7O/c1-28(2)16-7-9-30(10-8-16)17-5-6-19(20(11-17)31-4)26-22-24-13-18(23)21(27-22)15-12-25-29(3)14-15/h5-6,11-14,16H,7-10H2,1-4H3,(H,24,26,27). The minimum Gasteiger partial charge on any atom is -0.494 e. The van der Waals surface area contributed by atoms with Crippen LogP contribution in [0.4, 0.5) is 21.7 Å². The van der Waals surface area contributed by atoms with Crippen molar-refractivity contribution in [2.75, 3.05) is 44.5 Å². The van der Waals surface area contributed by atoms with Crippen LogP contribution in [-0.2, 0) is 7.05 Å². The van der Waals surface area contributed by atoms with Crippen LogP contribution in [0.25, 0.3) is 11.3 Å². The number of piperidine rings is 1. The fourth-order valence-electron chi connectivity index (χ4n) is 3.91. The molecule has 3 heterocycles. The molecule has 0 amide bonds. The van der Waals surface area contributed by atoms with Gasteiger partial charge in [0.1, 0.15) is 11.4 Å². The van der Waals surface area contributed by atoms with E-state index in [-0.39, 0.29) is 11.6 Å². The first kappa shape index (κ1) is 21.0. The lowest BCUT2D eigenvalue weighted by Gasteiger charge is -2.36. The van der Waals surface area contributed by atoms with E-state index in [1.807, 2.05) is 12.1 Å². The molecular formula is C22H28FN7O. The molecule has 0 unspecified atom stereocenters. The highest BCUT2D eigenvalue weighted by Crippen LogP contribution is 2.33. The summed E-state index contributed by atoms with van der Waals surface area (Å²) in [7, 11) is 7.69. The van der Waals surface area contributed by atoms with Gasteiger partial charge in [-0.15, -0.1) is 0 Å². The van der Waals surface area contributed by atoms with Crippen LogP contribution < -0.4 is 15.0 Å². The average Bonchev–Trinajstić information content (AvgIpc) is 3.21. The van der Waals surface area contributed by atoms with Gasteiger partial charge in [0.2, 0.25) is 5.95 Å². The monoisotopic (exact) mass is 425 g/mol. The van der Waals surface area contributed by atoms with Crippen LogP contribution in [0.5, 0.6) is 5.75 Å². The molecule has 3 aromatic rings. The van der Waals surface area contributed by atoms with Crippen LogP contribution >= 0.6 is 0 Å². The number of aromatic nitrogens is 4. The predicted octanol–water partition coefficient (Wildman–Crippen LogP) is 3.30. The molecule has 9 heteroatoms. The third kappa shape index (κ3) is 4.61. The van der Waals surface area contributed by atoms with Crippen LogP contribution in [0.1, 0.15) is 12.8 Å². The lowest BCUT2D eigenvalue weighted by atomic mass is 10.0. The van der Waals surface area contributed by atoms with Gasteiger partial charge in [-0.1, -0.05) is 0 Å². The van der Waals surface area contributed by atoms with Crippen molar-refractivity contribution in [2.24, 2.45) is 7.05 Å². The zero-order valence-electron chi connectivity index (χ0n) is 18.3. The normalized spacial score (nSPS) is 14.8. The molecule has 164 valence electrons. The SMILES string of the molecule is COc1cc(N2CCC(N(C)C)CC2)ccc1Nc1ncc(F)c(-c2cnn(C)c2)n1. The van der Waals surface area contributed by atoms with Crippen LogP contribution in [0.3, 0.4) is 0 Å². The first-order chi connectivity index (χ1) is 14.9. The Balaban J connectivity index is 1.53. The Labute approximate surface area is 181 Å². The number of nitrogens with zero attached hydrogens (tertiary/aromatic N) is 6. The maximum atomic E-state index is 14.3. The third-order valence-electron chi connectivity index (χ3n) is 5.71. The van der Waals surface area contributed by atoms with Crippen molar-refractivity contribution in [1.29, 1.82) is 0 Å². The first-order valence-electron chi connectivity index (χ1n) is 10.3. The van der Waals surface area contributed by atoms with Gasteiger partial charge in [0.15, 0.2) is 5.82 Å². The number of benzene rings is 1. The van der Waals surface area contributed by atoms with Gasteiger partial charge in [-0.2, -0.15) is 5.10 Å². The van der Waals surface area contributed by atoms with Crippen molar-refractivity contribution in [3.05, 3.63) is 42.6 Å². The van der Waals surface area contributed by atoms with Crippen LogP contribution in [0, 0.1) is 5.82 Å². The molecule has 0 atom stereocenters. The Morgan fingerprint density at radius 1 is 1.19 bits per heavy atom. The molecule has 31 heavy (non-hydrogen) atoms. The van der Waals surface area contributed by atoms with E-state index in [0.717, 1.165) is 43.5 Å². The maximum absolute atomic E-state index is 14.3. The first-order valence-corrected chi connectivity index (χ1v) is 10.3. The topological polar surface area (TPSA) is 71.3 Å². The molecule has 1 fully saturated rings. The van der Waals surface area contributed by atoms with E-state index in [2.05, 4.69) is 50.3 Å². The van der Waals surface area contributed by atoms with E-state index in [1.54, 1.807) is 31.2 Å². The number of rotatable bonds is 6. The van der Waals surface area contributed by atoms with Gasteiger partial charge in [-0.3, -0.25) is 4.68 Å². The summed E-state index contributed by atoms with van der Waals surface area (Å²) < 4.78 is 21.5. The van der Waals surface area contributed by atoms with E-state index < -0.39 is 5.82 Å². The molecule has 0 spiro atoms. The summed E-state index contributed by atoms with van der Waals surface area (Å²) in [6.45, 7) is 2.02. The molecule has 4 rings (SSSR count). The van der Waals surface area contributed by atoms with E-state index in [1.165, 1.54) is 0 Å². The number of ether oxygens (including phenoxy) is 1. The fraction of sp³-hybridized carbons (Fsp3) is 0.409. The molecule has 8 nitrogen and oxygen atoms in total. The summed E-state index contributed by atoms with van der Waals surface area (Å²) >= 11 is 0. The van der Waals surface area contributed by atoms with Gasteiger partial charge in [-0.25, -0.2) is 14.4 Å². The van der Waals surface area contributed by atoms with Gasteiger partial charge in [-0.05, 0) is 39.1 Å². The second kappa shape index (κ2) is 8.89. The number of hydrogen-bond donors (Lipinski definition) is 1. The quantitative estimate of drug-likeness (QED) is 0.650. The van der Waals surface area contributed by atoms with Gasteiger partial charge in [0, 0.05) is 49.7 Å². The van der Waals surface area contributed by atoms with Crippen molar-refractivity contribution >= 4 is 17.3 Å². The Morgan fingerprint density at radius 2 is 1.97 bits per heavy atom. The Hall–Kier alpha value is -3.20. The molecular weight excluding hydrogens is 397 g/mol. The zero-order chi connectivity index (χ0) is 22.0. The maximum Gasteiger partial charge on any atom is 0.228 e. The molecule has 2 aromatic heterocycles. The highest BCUT2D eigenvalue weighted by molar-refractivity contribution is 5.69. The smallest absolute Gasteiger partial charge is 0.228 e. The number of methoxy groups -OCH3 is 1. The molecule has 1 aromatic carbocycles. The van der Waals surface area contributed by atoms with E-state index in [9.17, 15) is 4.39 Å². The number of aryl methyl sites for hydroxylation is 1. The Bertz CT molecular complexity index is 1040. The number of nitrogens with one attached hydrogen (secondary N) is 1. The minimum atomic E-state index is -0.498. The third-order valence-corrected chi connectivity index (χ3v) is 5.71. The second-order valence-corrected chi connectivity index (χ2v) is 7.98. The van der Waals surface area contributed by atoms with Crippen molar-refractivity contribution in [3.8, 4) is 17.0 Å². The Morgan fingerprint density at radius 3 is 2.61 bits per heavy atom. The number of anilines is 3. The van der Waals surface area contributed by atoms with Crippen molar-refractivity contribution in [3.63, 3.8) is 0 Å². The number of halogens is 1. The van der Waals surface area contributed by atoms with Gasteiger partial charge in [0.25, 0.3) is 0 Å². The molecule has 0 saturated carbocycles. The minimum absolute atomic E-state index is 0.199. The average molecular weight is 426 g/mol. The largest absolute Gasteiger partial charge is 0.494 e. The number of hydrogen-bond acceptors (Lipinski definition) is 7. The zero-order valence-corrected chi connectivity index (χ0v) is 18.3. The summed E-state index contributed by atoms with van der Waals surface area (Å²) in [4.78, 5) is 13.1. The molecule has 0 radical (unpaired) electrons. The lowest BCUT2D eigenvalue weighted by molar-refractivity contribution is 0.249.